The number of nitrogens with zero attached hydrogens (tertiary/aromatic N) is 1. The Bertz CT molecular complexity index is 1050. The zero-order chi connectivity index (χ0) is 20.5. The summed E-state index contributed by atoms with van der Waals surface area (Å²) < 4.78 is 30.0. The molecule has 8 heteroatoms. The first-order chi connectivity index (χ1) is 13.1. The van der Waals surface area contributed by atoms with Gasteiger partial charge in [0.25, 0.3) is 5.91 Å². The van der Waals surface area contributed by atoms with Gasteiger partial charge in [-0.1, -0.05) is 12.1 Å². The summed E-state index contributed by atoms with van der Waals surface area (Å²) in [5.41, 5.74) is 4.23. The fourth-order valence-corrected chi connectivity index (χ4v) is 4.07. The van der Waals surface area contributed by atoms with Crippen LogP contribution in [0, 0.1) is 13.8 Å². The topological polar surface area (TPSA) is 92.8 Å². The van der Waals surface area contributed by atoms with E-state index in [2.05, 4.69) is 5.32 Å². The number of rotatable bonds is 5. The fraction of sp³-hybridized carbons (Fsp3) is 0.300. The molecule has 2 aromatic rings. The molecule has 1 aliphatic rings. The lowest BCUT2D eigenvalue weighted by Gasteiger charge is -2.16. The van der Waals surface area contributed by atoms with Crippen molar-refractivity contribution in [3.05, 3.63) is 58.7 Å². The van der Waals surface area contributed by atoms with Crippen molar-refractivity contribution < 1.29 is 22.7 Å². The van der Waals surface area contributed by atoms with Crippen LogP contribution >= 0.6 is 0 Å². The van der Waals surface area contributed by atoms with Crippen molar-refractivity contribution in [1.82, 2.24) is 0 Å². The number of benzene rings is 2. The van der Waals surface area contributed by atoms with Crippen LogP contribution in [0.1, 0.15) is 27.0 Å². The lowest BCUT2D eigenvalue weighted by atomic mass is 10.1. The lowest BCUT2D eigenvalue weighted by Crippen LogP contribution is -2.27. The summed E-state index contributed by atoms with van der Waals surface area (Å²) in [7, 11) is -3.34. The number of nitrogens with one attached hydrogen (secondary N) is 1. The molecule has 0 spiro atoms. The van der Waals surface area contributed by atoms with E-state index in [0.29, 0.717) is 24.3 Å². The Morgan fingerprint density at radius 2 is 1.89 bits per heavy atom. The van der Waals surface area contributed by atoms with Gasteiger partial charge in [0.1, 0.15) is 0 Å². The van der Waals surface area contributed by atoms with Crippen molar-refractivity contribution in [2.75, 3.05) is 29.0 Å². The highest BCUT2D eigenvalue weighted by molar-refractivity contribution is 7.92. The van der Waals surface area contributed by atoms with Gasteiger partial charge in [0.2, 0.25) is 10.0 Å². The molecule has 2 aromatic carbocycles. The van der Waals surface area contributed by atoms with E-state index in [1.54, 1.807) is 12.1 Å². The monoisotopic (exact) mass is 402 g/mol. The molecule has 1 amide bonds. The van der Waals surface area contributed by atoms with Crippen LogP contribution < -0.4 is 9.62 Å². The normalized spacial score (nSPS) is 13.2. The SMILES string of the molecule is Cc1ccc(C)c(NC(=O)COC(=O)c2ccc3c(c2)CCN3S(C)(=O)=O)c1. The second kappa shape index (κ2) is 7.63. The van der Waals surface area contributed by atoms with Gasteiger partial charge in [0, 0.05) is 12.2 Å². The van der Waals surface area contributed by atoms with Gasteiger partial charge in [-0.3, -0.25) is 9.10 Å². The van der Waals surface area contributed by atoms with Crippen molar-refractivity contribution in [3.8, 4) is 0 Å². The van der Waals surface area contributed by atoms with Gasteiger partial charge in [0.05, 0.1) is 17.5 Å². The van der Waals surface area contributed by atoms with E-state index in [0.717, 1.165) is 22.9 Å². The molecule has 0 fully saturated rings. The van der Waals surface area contributed by atoms with Gasteiger partial charge in [-0.05, 0) is 61.2 Å². The fourth-order valence-electron chi connectivity index (χ4n) is 3.11. The van der Waals surface area contributed by atoms with Crippen molar-refractivity contribution in [2.45, 2.75) is 20.3 Å². The van der Waals surface area contributed by atoms with Crippen LogP contribution in [0.2, 0.25) is 0 Å². The molecule has 3 rings (SSSR count). The molecule has 0 aliphatic carbocycles. The van der Waals surface area contributed by atoms with E-state index >= 15 is 0 Å². The number of carbonyl (C=O) groups is 2. The number of hydrogen-bond acceptors (Lipinski definition) is 5. The molecule has 7 nitrogen and oxygen atoms in total. The summed E-state index contributed by atoms with van der Waals surface area (Å²) in [6.45, 7) is 3.75. The Balaban J connectivity index is 1.63. The minimum absolute atomic E-state index is 0.286. The first-order valence-corrected chi connectivity index (χ1v) is 10.6. The van der Waals surface area contributed by atoms with E-state index in [1.165, 1.54) is 10.4 Å². The number of amides is 1. The Morgan fingerprint density at radius 1 is 1.14 bits per heavy atom. The van der Waals surface area contributed by atoms with Gasteiger partial charge < -0.3 is 10.1 Å². The standard InChI is InChI=1S/C20H22N2O5S/c1-13-4-5-14(2)17(10-13)21-19(23)12-27-20(24)16-6-7-18-15(11-16)8-9-22(18)28(3,25)26/h4-7,10-11H,8-9,12H2,1-3H3,(H,21,23). The average molecular weight is 402 g/mol. The maximum atomic E-state index is 12.3. The van der Waals surface area contributed by atoms with Gasteiger partial charge >= 0.3 is 5.97 Å². The number of fused-ring (bicyclic) bond motifs is 1. The molecular weight excluding hydrogens is 380 g/mol. The molecule has 1 heterocycles. The van der Waals surface area contributed by atoms with E-state index in [4.69, 9.17) is 4.74 Å². The zero-order valence-electron chi connectivity index (χ0n) is 16.0. The Hall–Kier alpha value is -2.87. The molecule has 0 atom stereocenters. The van der Waals surface area contributed by atoms with Gasteiger partial charge in [-0.15, -0.1) is 0 Å². The molecular formula is C20H22N2O5S. The molecule has 1 N–H and O–H groups in total. The van der Waals surface area contributed by atoms with E-state index < -0.39 is 28.5 Å². The molecule has 0 saturated carbocycles. The summed E-state index contributed by atoms with van der Waals surface area (Å²) in [4.78, 5) is 24.4. The van der Waals surface area contributed by atoms with Gasteiger partial charge in [-0.25, -0.2) is 13.2 Å². The van der Waals surface area contributed by atoms with Crippen molar-refractivity contribution in [3.63, 3.8) is 0 Å². The highest BCUT2D eigenvalue weighted by atomic mass is 32.2. The summed E-state index contributed by atoms with van der Waals surface area (Å²) >= 11 is 0. The smallest absolute Gasteiger partial charge is 0.338 e. The Labute approximate surface area is 164 Å². The van der Waals surface area contributed by atoms with Crippen LogP contribution in [0.5, 0.6) is 0 Å². The zero-order valence-corrected chi connectivity index (χ0v) is 16.8. The predicted molar refractivity (Wildman–Crippen MR) is 107 cm³/mol. The maximum absolute atomic E-state index is 12.3. The molecule has 0 bridgehead atoms. The highest BCUT2D eigenvalue weighted by Gasteiger charge is 2.27. The van der Waals surface area contributed by atoms with Crippen LogP contribution in [-0.2, 0) is 26.0 Å². The van der Waals surface area contributed by atoms with Crippen molar-refractivity contribution in [2.24, 2.45) is 0 Å². The third kappa shape index (κ3) is 4.33. The van der Waals surface area contributed by atoms with Gasteiger partial charge in [-0.2, -0.15) is 0 Å². The largest absolute Gasteiger partial charge is 0.452 e. The predicted octanol–water partition coefficient (Wildman–Crippen LogP) is 2.42. The van der Waals surface area contributed by atoms with Crippen LogP contribution in [0.25, 0.3) is 0 Å². The number of esters is 1. The molecule has 0 radical (unpaired) electrons. The first kappa shape index (κ1) is 19.9. The van der Waals surface area contributed by atoms with Crippen LogP contribution in [0.4, 0.5) is 11.4 Å². The van der Waals surface area contributed by atoms with Gasteiger partial charge in [0.15, 0.2) is 6.61 Å². The molecule has 0 unspecified atom stereocenters. The minimum Gasteiger partial charge on any atom is -0.452 e. The molecule has 148 valence electrons. The molecule has 1 aliphatic heterocycles. The number of anilines is 2. The Kier molecular flexibility index (Phi) is 5.42. The van der Waals surface area contributed by atoms with E-state index in [9.17, 15) is 18.0 Å². The Morgan fingerprint density at radius 3 is 2.61 bits per heavy atom. The van der Waals surface area contributed by atoms with Crippen molar-refractivity contribution in [1.29, 1.82) is 0 Å². The number of carbonyl (C=O) groups excluding carboxylic acids is 2. The number of ether oxygens (including phenoxy) is 1. The molecule has 28 heavy (non-hydrogen) atoms. The second-order valence-electron chi connectivity index (χ2n) is 6.87. The third-order valence-corrected chi connectivity index (χ3v) is 5.75. The van der Waals surface area contributed by atoms with Crippen molar-refractivity contribution >= 4 is 33.3 Å². The van der Waals surface area contributed by atoms with Crippen LogP contribution in [-0.4, -0.2) is 39.7 Å². The average Bonchev–Trinajstić information content (AvgIpc) is 3.06. The summed E-state index contributed by atoms with van der Waals surface area (Å²) in [5, 5.41) is 2.73. The maximum Gasteiger partial charge on any atom is 0.338 e. The first-order valence-electron chi connectivity index (χ1n) is 8.80. The highest BCUT2D eigenvalue weighted by Crippen LogP contribution is 2.30. The number of sulfonamides is 1. The molecule has 0 aromatic heterocycles. The quantitative estimate of drug-likeness (QED) is 0.776. The summed E-state index contributed by atoms with van der Waals surface area (Å²) in [6.07, 6.45) is 1.68. The van der Waals surface area contributed by atoms with E-state index in [-0.39, 0.29) is 5.56 Å². The number of hydrogen-bond donors (Lipinski definition) is 1. The van der Waals surface area contributed by atoms with E-state index in [1.807, 2.05) is 32.0 Å². The number of aryl methyl sites for hydroxylation is 2. The molecule has 0 saturated heterocycles. The summed E-state index contributed by atoms with van der Waals surface area (Å²) in [6, 6.07) is 10.4. The summed E-state index contributed by atoms with van der Waals surface area (Å²) in [5.74, 6) is -1.05. The minimum atomic E-state index is -3.34. The van der Waals surface area contributed by atoms with Crippen LogP contribution in [0.3, 0.4) is 0 Å². The van der Waals surface area contributed by atoms with Crippen LogP contribution in [0.15, 0.2) is 36.4 Å². The third-order valence-electron chi connectivity index (χ3n) is 4.57. The lowest BCUT2D eigenvalue weighted by molar-refractivity contribution is -0.119. The second-order valence-corrected chi connectivity index (χ2v) is 8.78.